The number of nitrogens with zero attached hydrogens (tertiary/aromatic N) is 3. The lowest BCUT2D eigenvalue weighted by Gasteiger charge is -2.34. The van der Waals surface area contributed by atoms with Crippen LogP contribution in [0, 0.1) is 4.84 Å². The smallest absolute Gasteiger partial charge is 0.289 e. The molecule has 1 amide bonds. The Kier molecular flexibility index (Phi) is 4.26. The summed E-state index contributed by atoms with van der Waals surface area (Å²) in [7, 11) is 0. The fourth-order valence-corrected chi connectivity index (χ4v) is 3.93. The van der Waals surface area contributed by atoms with Gasteiger partial charge in [0.2, 0.25) is 0 Å². The molecule has 4 aromatic rings. The lowest BCUT2D eigenvalue weighted by molar-refractivity contribution is 0.0567. The Labute approximate surface area is 166 Å². The molecule has 0 unspecified atom stereocenters. The molecule has 28 heavy (non-hydrogen) atoms. The topological polar surface area (TPSA) is 54.8 Å². The number of carbonyl (C=O) groups excluding carboxylic acids is 1. The third-order valence-corrected chi connectivity index (χ3v) is 5.51. The summed E-state index contributed by atoms with van der Waals surface area (Å²) in [6, 6.07) is 17.3. The molecule has 0 N–H and O–H groups in total. The summed E-state index contributed by atoms with van der Waals surface area (Å²) in [5, 5.41) is 0.950. The van der Waals surface area contributed by atoms with Crippen molar-refractivity contribution in [2.75, 3.05) is 26.2 Å². The first-order valence-corrected chi connectivity index (χ1v) is 9.68. The molecule has 0 radical (unpaired) electrons. The van der Waals surface area contributed by atoms with E-state index < -0.39 is 0 Å². The van der Waals surface area contributed by atoms with Crippen LogP contribution >= 0.6 is 12.2 Å². The molecule has 2 aromatic heterocycles. The van der Waals surface area contributed by atoms with Gasteiger partial charge < -0.3 is 13.7 Å². The highest BCUT2D eigenvalue weighted by Crippen LogP contribution is 2.21. The number of carbonyl (C=O) groups is 1. The Hall–Kier alpha value is -2.90. The summed E-state index contributed by atoms with van der Waals surface area (Å²) in [6.07, 6.45) is 0. The molecule has 0 saturated carbocycles. The number of rotatable bonds is 3. The predicted octanol–water partition coefficient (Wildman–Crippen LogP) is 4.13. The molecular formula is C21H19N3O3S. The van der Waals surface area contributed by atoms with Gasteiger partial charge in [-0.3, -0.25) is 14.3 Å². The van der Waals surface area contributed by atoms with Gasteiger partial charge in [0.1, 0.15) is 5.58 Å². The lowest BCUT2D eigenvalue weighted by atomic mass is 10.2. The average molecular weight is 393 g/mol. The second kappa shape index (κ2) is 6.92. The first-order chi connectivity index (χ1) is 13.7. The van der Waals surface area contributed by atoms with E-state index in [1.54, 1.807) is 0 Å². The molecule has 1 aliphatic heterocycles. The molecular weight excluding hydrogens is 374 g/mol. The first-order valence-electron chi connectivity index (χ1n) is 9.27. The fraction of sp³-hybridized carbons (Fsp3) is 0.238. The van der Waals surface area contributed by atoms with Crippen molar-refractivity contribution in [2.45, 2.75) is 6.67 Å². The quantitative estimate of drug-likeness (QED) is 0.490. The minimum absolute atomic E-state index is 0.0544. The number of furan rings is 1. The SMILES string of the molecule is O=C(c1cc2ccccc2o1)N1CCN(Cn2c(=S)oc3ccccc32)CC1. The number of oxazole rings is 1. The van der Waals surface area contributed by atoms with Gasteiger partial charge in [0.25, 0.3) is 10.7 Å². The van der Waals surface area contributed by atoms with Crippen molar-refractivity contribution in [2.24, 2.45) is 0 Å². The molecule has 1 fully saturated rings. The third kappa shape index (κ3) is 3.02. The molecule has 0 bridgehead atoms. The van der Waals surface area contributed by atoms with Gasteiger partial charge in [0.15, 0.2) is 11.3 Å². The number of aromatic nitrogens is 1. The highest BCUT2D eigenvalue weighted by molar-refractivity contribution is 7.71. The van der Waals surface area contributed by atoms with Gasteiger partial charge in [-0.2, -0.15) is 0 Å². The maximum Gasteiger partial charge on any atom is 0.289 e. The van der Waals surface area contributed by atoms with E-state index in [1.165, 1.54) is 0 Å². The van der Waals surface area contributed by atoms with Gasteiger partial charge in [-0.1, -0.05) is 30.3 Å². The van der Waals surface area contributed by atoms with Crippen LogP contribution in [-0.2, 0) is 6.67 Å². The van der Waals surface area contributed by atoms with E-state index in [0.29, 0.717) is 30.4 Å². The largest absolute Gasteiger partial charge is 0.451 e. The molecule has 1 aliphatic rings. The van der Waals surface area contributed by atoms with Gasteiger partial charge in [0.05, 0.1) is 12.2 Å². The second-order valence-electron chi connectivity index (χ2n) is 6.96. The Morgan fingerprint density at radius 2 is 1.64 bits per heavy atom. The zero-order valence-corrected chi connectivity index (χ0v) is 16.0. The van der Waals surface area contributed by atoms with E-state index in [9.17, 15) is 4.79 Å². The van der Waals surface area contributed by atoms with Crippen molar-refractivity contribution in [1.29, 1.82) is 0 Å². The maximum absolute atomic E-state index is 12.8. The summed E-state index contributed by atoms with van der Waals surface area (Å²) in [4.78, 5) is 17.4. The van der Waals surface area contributed by atoms with Crippen LogP contribution in [0.25, 0.3) is 22.1 Å². The molecule has 0 atom stereocenters. The fourth-order valence-electron chi connectivity index (χ4n) is 3.68. The van der Waals surface area contributed by atoms with Crippen molar-refractivity contribution < 1.29 is 13.6 Å². The molecule has 3 heterocycles. The van der Waals surface area contributed by atoms with Crippen molar-refractivity contribution in [3.8, 4) is 0 Å². The molecule has 0 spiro atoms. The van der Waals surface area contributed by atoms with Crippen LogP contribution in [-0.4, -0.2) is 46.5 Å². The van der Waals surface area contributed by atoms with E-state index in [-0.39, 0.29) is 5.91 Å². The van der Waals surface area contributed by atoms with E-state index in [0.717, 1.165) is 35.2 Å². The van der Waals surface area contributed by atoms with E-state index in [2.05, 4.69) is 4.90 Å². The van der Waals surface area contributed by atoms with Crippen LogP contribution in [0.4, 0.5) is 0 Å². The molecule has 6 nitrogen and oxygen atoms in total. The molecule has 0 aliphatic carbocycles. The maximum atomic E-state index is 12.8. The summed E-state index contributed by atoms with van der Waals surface area (Å²) >= 11 is 5.37. The summed E-state index contributed by atoms with van der Waals surface area (Å²) in [5.74, 6) is 0.346. The lowest BCUT2D eigenvalue weighted by Crippen LogP contribution is -2.48. The van der Waals surface area contributed by atoms with Crippen molar-refractivity contribution >= 4 is 40.2 Å². The third-order valence-electron chi connectivity index (χ3n) is 5.21. The Morgan fingerprint density at radius 3 is 2.43 bits per heavy atom. The van der Waals surface area contributed by atoms with Crippen LogP contribution in [0.2, 0.25) is 0 Å². The molecule has 2 aromatic carbocycles. The Bertz CT molecular complexity index is 1180. The van der Waals surface area contributed by atoms with Crippen LogP contribution in [0.1, 0.15) is 10.6 Å². The van der Waals surface area contributed by atoms with E-state index in [1.807, 2.05) is 64.1 Å². The van der Waals surface area contributed by atoms with E-state index >= 15 is 0 Å². The number of hydrogen-bond donors (Lipinski definition) is 0. The zero-order chi connectivity index (χ0) is 19.1. The van der Waals surface area contributed by atoms with Crippen LogP contribution in [0.5, 0.6) is 0 Å². The summed E-state index contributed by atoms with van der Waals surface area (Å²) < 4.78 is 13.4. The molecule has 7 heteroatoms. The monoisotopic (exact) mass is 393 g/mol. The number of piperazine rings is 1. The van der Waals surface area contributed by atoms with Crippen molar-refractivity contribution in [3.05, 3.63) is 65.2 Å². The normalized spacial score (nSPS) is 15.5. The molecule has 1 saturated heterocycles. The first kappa shape index (κ1) is 17.2. The summed E-state index contributed by atoms with van der Waals surface area (Å²) in [5.41, 5.74) is 2.53. The summed E-state index contributed by atoms with van der Waals surface area (Å²) in [6.45, 7) is 3.50. The van der Waals surface area contributed by atoms with Crippen LogP contribution in [0.3, 0.4) is 0 Å². The van der Waals surface area contributed by atoms with Crippen LogP contribution < -0.4 is 0 Å². The number of fused-ring (bicyclic) bond motifs is 2. The minimum Gasteiger partial charge on any atom is -0.451 e. The standard InChI is InChI=1S/C21H19N3O3S/c25-20(19-13-15-5-1-3-7-17(15)26-19)23-11-9-22(10-12-23)14-24-16-6-2-4-8-18(16)27-21(24)28/h1-8,13H,9-12,14H2. The molecule has 142 valence electrons. The number of para-hydroxylation sites is 3. The zero-order valence-electron chi connectivity index (χ0n) is 15.2. The number of benzene rings is 2. The predicted molar refractivity (Wildman–Crippen MR) is 109 cm³/mol. The second-order valence-corrected chi connectivity index (χ2v) is 7.31. The average Bonchev–Trinajstić information content (AvgIpc) is 3.29. The Balaban J connectivity index is 1.27. The van der Waals surface area contributed by atoms with E-state index in [4.69, 9.17) is 21.1 Å². The minimum atomic E-state index is -0.0544. The van der Waals surface area contributed by atoms with Gasteiger partial charge in [-0.25, -0.2) is 0 Å². The highest BCUT2D eigenvalue weighted by Gasteiger charge is 2.25. The highest BCUT2D eigenvalue weighted by atomic mass is 32.1. The molecule has 5 rings (SSSR count). The van der Waals surface area contributed by atoms with Gasteiger partial charge in [0, 0.05) is 31.6 Å². The van der Waals surface area contributed by atoms with Gasteiger partial charge in [-0.15, -0.1) is 0 Å². The van der Waals surface area contributed by atoms with Crippen molar-refractivity contribution in [3.63, 3.8) is 0 Å². The van der Waals surface area contributed by atoms with Gasteiger partial charge in [-0.05, 0) is 36.5 Å². The number of amides is 1. The van der Waals surface area contributed by atoms with Crippen LogP contribution in [0.15, 0.2) is 63.4 Å². The van der Waals surface area contributed by atoms with Crippen molar-refractivity contribution in [1.82, 2.24) is 14.4 Å². The number of hydrogen-bond acceptors (Lipinski definition) is 5. The Morgan fingerprint density at radius 1 is 0.929 bits per heavy atom. The van der Waals surface area contributed by atoms with Gasteiger partial charge >= 0.3 is 0 Å².